The number of benzene rings is 2. The van der Waals surface area contributed by atoms with E-state index in [9.17, 15) is 23.1 Å². The molecule has 2 aromatic rings. The van der Waals surface area contributed by atoms with Crippen molar-refractivity contribution in [2.24, 2.45) is 0 Å². The van der Waals surface area contributed by atoms with Crippen LogP contribution in [-0.2, 0) is 6.18 Å². The maximum absolute atomic E-state index is 12.9. The molecule has 0 aliphatic carbocycles. The number of phenols is 1. The standard InChI is InChI=1S/C14H9F3O3/c15-14(16,17)12-7-9(4-5-11(12)13(19)20)8-2-1-3-10(18)6-8/h1-7,18H,(H,19,20). The van der Waals surface area contributed by atoms with E-state index in [0.29, 0.717) is 5.56 Å². The minimum Gasteiger partial charge on any atom is -0.508 e. The lowest BCUT2D eigenvalue weighted by atomic mass is 9.98. The van der Waals surface area contributed by atoms with Gasteiger partial charge < -0.3 is 10.2 Å². The Morgan fingerprint density at radius 1 is 1.00 bits per heavy atom. The first-order valence-corrected chi connectivity index (χ1v) is 5.53. The molecule has 0 fully saturated rings. The van der Waals surface area contributed by atoms with Crippen molar-refractivity contribution in [3.05, 3.63) is 53.6 Å². The van der Waals surface area contributed by atoms with Crippen molar-refractivity contribution in [1.82, 2.24) is 0 Å². The van der Waals surface area contributed by atoms with Crippen molar-refractivity contribution in [2.75, 3.05) is 0 Å². The average Bonchev–Trinajstić information content (AvgIpc) is 2.37. The van der Waals surface area contributed by atoms with Crippen molar-refractivity contribution in [1.29, 1.82) is 0 Å². The molecule has 0 spiro atoms. The molecule has 0 atom stereocenters. The molecule has 104 valence electrons. The van der Waals surface area contributed by atoms with Gasteiger partial charge in [-0.15, -0.1) is 0 Å². The Morgan fingerprint density at radius 2 is 1.65 bits per heavy atom. The molecular weight excluding hydrogens is 273 g/mol. The summed E-state index contributed by atoms with van der Waals surface area (Å²) in [6, 6.07) is 8.64. The van der Waals surface area contributed by atoms with Crippen molar-refractivity contribution in [3.8, 4) is 16.9 Å². The Morgan fingerprint density at radius 3 is 2.20 bits per heavy atom. The molecule has 0 bridgehead atoms. The number of aromatic hydroxyl groups is 1. The van der Waals surface area contributed by atoms with E-state index in [1.54, 1.807) is 0 Å². The highest BCUT2D eigenvalue weighted by Gasteiger charge is 2.35. The van der Waals surface area contributed by atoms with Crippen molar-refractivity contribution in [3.63, 3.8) is 0 Å². The second-order valence-electron chi connectivity index (χ2n) is 4.11. The molecule has 0 saturated heterocycles. The molecule has 2 rings (SSSR count). The van der Waals surface area contributed by atoms with Gasteiger partial charge in [-0.3, -0.25) is 0 Å². The predicted molar refractivity (Wildman–Crippen MR) is 65.5 cm³/mol. The second kappa shape index (κ2) is 4.88. The van der Waals surface area contributed by atoms with Gasteiger partial charge in [0.15, 0.2) is 0 Å². The third kappa shape index (κ3) is 2.74. The summed E-state index contributed by atoms with van der Waals surface area (Å²) in [5, 5.41) is 18.1. The van der Waals surface area contributed by atoms with E-state index in [2.05, 4.69) is 0 Å². The van der Waals surface area contributed by atoms with Crippen LogP contribution in [-0.4, -0.2) is 16.2 Å². The summed E-state index contributed by atoms with van der Waals surface area (Å²) < 4.78 is 38.6. The number of carbonyl (C=O) groups is 1. The van der Waals surface area contributed by atoms with Crippen molar-refractivity contribution in [2.45, 2.75) is 6.18 Å². The van der Waals surface area contributed by atoms with Crippen LogP contribution < -0.4 is 0 Å². The normalized spacial score (nSPS) is 11.3. The summed E-state index contributed by atoms with van der Waals surface area (Å²) in [4.78, 5) is 10.8. The fourth-order valence-electron chi connectivity index (χ4n) is 1.83. The van der Waals surface area contributed by atoms with E-state index in [0.717, 1.165) is 12.1 Å². The lowest BCUT2D eigenvalue weighted by molar-refractivity contribution is -0.138. The third-order valence-electron chi connectivity index (χ3n) is 2.73. The van der Waals surface area contributed by atoms with Crippen molar-refractivity contribution < 1.29 is 28.2 Å². The summed E-state index contributed by atoms with van der Waals surface area (Å²) in [6.45, 7) is 0. The lowest BCUT2D eigenvalue weighted by Crippen LogP contribution is -2.12. The van der Waals surface area contributed by atoms with E-state index >= 15 is 0 Å². The SMILES string of the molecule is O=C(O)c1ccc(-c2cccc(O)c2)cc1C(F)(F)F. The first-order valence-electron chi connectivity index (χ1n) is 5.53. The van der Waals surface area contributed by atoms with Crippen LogP contribution in [0.3, 0.4) is 0 Å². The zero-order valence-corrected chi connectivity index (χ0v) is 9.98. The fourth-order valence-corrected chi connectivity index (χ4v) is 1.83. The van der Waals surface area contributed by atoms with Gasteiger partial charge >= 0.3 is 12.1 Å². The molecule has 0 amide bonds. The molecule has 2 N–H and O–H groups in total. The Kier molecular flexibility index (Phi) is 3.40. The second-order valence-corrected chi connectivity index (χ2v) is 4.11. The minimum atomic E-state index is -4.76. The number of hydrogen-bond acceptors (Lipinski definition) is 2. The van der Waals surface area contributed by atoms with E-state index in [1.165, 1.54) is 30.3 Å². The topological polar surface area (TPSA) is 57.5 Å². The highest BCUT2D eigenvalue weighted by atomic mass is 19.4. The molecule has 0 radical (unpaired) electrons. The number of rotatable bonds is 2. The smallest absolute Gasteiger partial charge is 0.417 e. The quantitative estimate of drug-likeness (QED) is 0.881. The van der Waals surface area contributed by atoms with E-state index in [1.807, 2.05) is 0 Å². The van der Waals surface area contributed by atoms with E-state index < -0.39 is 23.3 Å². The minimum absolute atomic E-state index is 0.0848. The van der Waals surface area contributed by atoms with Gasteiger partial charge in [-0.2, -0.15) is 13.2 Å². The third-order valence-corrected chi connectivity index (χ3v) is 2.73. The van der Waals surface area contributed by atoms with Crippen molar-refractivity contribution >= 4 is 5.97 Å². The van der Waals surface area contributed by atoms with Crippen LogP contribution in [0.15, 0.2) is 42.5 Å². The zero-order valence-electron chi connectivity index (χ0n) is 9.98. The molecule has 0 aliphatic rings. The van der Waals surface area contributed by atoms with Gasteiger partial charge in [0, 0.05) is 0 Å². The molecule has 0 aliphatic heterocycles. The largest absolute Gasteiger partial charge is 0.508 e. The van der Waals surface area contributed by atoms with Crippen LogP contribution in [0.4, 0.5) is 13.2 Å². The maximum Gasteiger partial charge on any atom is 0.417 e. The molecular formula is C14H9F3O3. The highest BCUT2D eigenvalue weighted by molar-refractivity contribution is 5.90. The van der Waals surface area contributed by atoms with Gasteiger partial charge in [0.05, 0.1) is 11.1 Å². The van der Waals surface area contributed by atoms with Gasteiger partial charge in [0.2, 0.25) is 0 Å². The summed E-state index contributed by atoms with van der Waals surface area (Å²) in [5.74, 6) is -1.72. The van der Waals surface area contributed by atoms with Gasteiger partial charge in [-0.1, -0.05) is 18.2 Å². The average molecular weight is 282 g/mol. The molecule has 0 heterocycles. The van der Waals surface area contributed by atoms with Crippen LogP contribution in [0, 0.1) is 0 Å². The van der Waals surface area contributed by atoms with E-state index in [4.69, 9.17) is 5.11 Å². The molecule has 3 nitrogen and oxygen atoms in total. The molecule has 6 heteroatoms. The van der Waals surface area contributed by atoms with Crippen LogP contribution in [0.2, 0.25) is 0 Å². The highest BCUT2D eigenvalue weighted by Crippen LogP contribution is 2.35. The fraction of sp³-hybridized carbons (Fsp3) is 0.0714. The number of alkyl halides is 3. The lowest BCUT2D eigenvalue weighted by Gasteiger charge is -2.12. The first-order chi connectivity index (χ1) is 9.29. The number of aromatic carboxylic acids is 1. The molecule has 0 unspecified atom stereocenters. The first kappa shape index (κ1) is 13.9. The van der Waals surface area contributed by atoms with Crippen LogP contribution in [0.25, 0.3) is 11.1 Å². The molecule has 20 heavy (non-hydrogen) atoms. The molecule has 0 saturated carbocycles. The Balaban J connectivity index is 2.61. The Hall–Kier alpha value is -2.50. The number of halogens is 3. The van der Waals surface area contributed by atoms with Gasteiger partial charge in [-0.05, 0) is 35.4 Å². The number of hydrogen-bond donors (Lipinski definition) is 2. The number of carboxylic acid groups (broad SMARTS) is 1. The monoisotopic (exact) mass is 282 g/mol. The van der Waals surface area contributed by atoms with Gasteiger partial charge in [-0.25, -0.2) is 4.79 Å². The maximum atomic E-state index is 12.9. The number of phenolic OH excluding ortho intramolecular Hbond substituents is 1. The van der Waals surface area contributed by atoms with Gasteiger partial charge in [0.1, 0.15) is 5.75 Å². The van der Waals surface area contributed by atoms with Crippen LogP contribution >= 0.6 is 0 Å². The van der Waals surface area contributed by atoms with Gasteiger partial charge in [0.25, 0.3) is 0 Å². The summed E-state index contributed by atoms with van der Waals surface area (Å²) in [7, 11) is 0. The summed E-state index contributed by atoms with van der Waals surface area (Å²) >= 11 is 0. The number of carboxylic acids is 1. The predicted octanol–water partition coefficient (Wildman–Crippen LogP) is 3.78. The van der Waals surface area contributed by atoms with Crippen LogP contribution in [0.5, 0.6) is 5.75 Å². The zero-order chi connectivity index (χ0) is 14.9. The van der Waals surface area contributed by atoms with Crippen LogP contribution in [0.1, 0.15) is 15.9 Å². The van der Waals surface area contributed by atoms with E-state index in [-0.39, 0.29) is 11.3 Å². The molecule has 2 aromatic carbocycles. The summed E-state index contributed by atoms with van der Waals surface area (Å²) in [6.07, 6.45) is -4.76. The Bertz CT molecular complexity index is 663. The Labute approximate surface area is 111 Å². The summed E-state index contributed by atoms with van der Waals surface area (Å²) in [5.41, 5.74) is -1.47. The molecule has 0 aromatic heterocycles.